The summed E-state index contributed by atoms with van der Waals surface area (Å²) >= 11 is 0. The molecule has 5 nitrogen and oxygen atoms in total. The van der Waals surface area contributed by atoms with Crippen molar-refractivity contribution < 1.29 is 14.3 Å². The van der Waals surface area contributed by atoms with Crippen molar-refractivity contribution in [2.75, 3.05) is 13.7 Å². The van der Waals surface area contributed by atoms with Gasteiger partial charge in [-0.05, 0) is 55.4 Å². The maximum absolute atomic E-state index is 13.3. The van der Waals surface area contributed by atoms with Crippen molar-refractivity contribution in [2.24, 2.45) is 0 Å². The first kappa shape index (κ1) is 22.6. The number of nitrogens with one attached hydrogen (secondary N) is 1. The van der Waals surface area contributed by atoms with Crippen LogP contribution in [0.25, 0.3) is 0 Å². The molecule has 2 aromatic carbocycles. The number of carbonyl (C=O) groups excluding carboxylic acids is 2. The number of methoxy groups -OCH3 is 1. The van der Waals surface area contributed by atoms with E-state index in [1.807, 2.05) is 54.6 Å². The zero-order chi connectivity index (χ0) is 22.1. The summed E-state index contributed by atoms with van der Waals surface area (Å²) in [6.07, 6.45) is 7.91. The average Bonchev–Trinajstić information content (AvgIpc) is 2.80. The lowest BCUT2D eigenvalue weighted by molar-refractivity contribution is -0.140. The van der Waals surface area contributed by atoms with Crippen LogP contribution >= 0.6 is 0 Å². The van der Waals surface area contributed by atoms with Gasteiger partial charge in [0.1, 0.15) is 11.8 Å². The number of hydrogen-bond acceptors (Lipinski definition) is 3. The molecule has 31 heavy (non-hydrogen) atoms. The highest BCUT2D eigenvalue weighted by atomic mass is 16.5. The lowest BCUT2D eigenvalue weighted by Gasteiger charge is -2.31. The molecule has 1 aliphatic rings. The van der Waals surface area contributed by atoms with Gasteiger partial charge in [0.2, 0.25) is 11.8 Å². The van der Waals surface area contributed by atoms with Crippen molar-refractivity contribution in [2.45, 2.75) is 51.6 Å². The van der Waals surface area contributed by atoms with Gasteiger partial charge in [-0.15, -0.1) is 0 Å². The van der Waals surface area contributed by atoms with Crippen LogP contribution < -0.4 is 10.1 Å². The van der Waals surface area contributed by atoms with Gasteiger partial charge in [-0.1, -0.05) is 54.1 Å². The van der Waals surface area contributed by atoms with Crippen molar-refractivity contribution >= 4 is 11.8 Å². The number of ether oxygens (including phenoxy) is 1. The van der Waals surface area contributed by atoms with Gasteiger partial charge in [0.05, 0.1) is 7.11 Å². The molecule has 0 fully saturated rings. The molecule has 0 aromatic heterocycles. The van der Waals surface area contributed by atoms with E-state index in [1.54, 1.807) is 12.0 Å². The number of hydrogen-bond donors (Lipinski definition) is 1. The Morgan fingerprint density at radius 3 is 2.42 bits per heavy atom. The molecular weight excluding hydrogens is 388 g/mol. The van der Waals surface area contributed by atoms with E-state index in [4.69, 9.17) is 4.74 Å². The molecule has 0 bridgehead atoms. The highest BCUT2D eigenvalue weighted by Crippen LogP contribution is 2.25. The van der Waals surface area contributed by atoms with E-state index in [0.29, 0.717) is 13.1 Å². The lowest BCUT2D eigenvalue weighted by atomic mass is 9.97. The third-order valence-electron chi connectivity index (χ3n) is 5.72. The Hall–Kier alpha value is -3.08. The van der Waals surface area contributed by atoms with E-state index in [2.05, 4.69) is 11.4 Å². The minimum Gasteiger partial charge on any atom is -0.497 e. The number of allylic oxidation sites excluding steroid dienone is 1. The topological polar surface area (TPSA) is 58.6 Å². The third-order valence-corrected chi connectivity index (χ3v) is 5.72. The van der Waals surface area contributed by atoms with Crippen LogP contribution in [0.4, 0.5) is 0 Å². The molecule has 1 N–H and O–H groups in total. The SMILES string of the molecule is COc1ccc(CN(C(C)=O)C(C(=O)NCCC2=CCCCC2)c2ccccc2)cc1. The predicted molar refractivity (Wildman–Crippen MR) is 123 cm³/mol. The molecule has 164 valence electrons. The van der Waals surface area contributed by atoms with Crippen LogP contribution in [0.15, 0.2) is 66.2 Å². The van der Waals surface area contributed by atoms with Crippen LogP contribution in [0.5, 0.6) is 5.75 Å². The lowest BCUT2D eigenvalue weighted by Crippen LogP contribution is -2.42. The first-order valence-electron chi connectivity index (χ1n) is 11.0. The molecule has 0 aliphatic heterocycles. The molecular formula is C26H32N2O3. The Morgan fingerprint density at radius 2 is 1.81 bits per heavy atom. The summed E-state index contributed by atoms with van der Waals surface area (Å²) in [6.45, 7) is 2.44. The van der Waals surface area contributed by atoms with Gasteiger partial charge in [-0.3, -0.25) is 9.59 Å². The van der Waals surface area contributed by atoms with Gasteiger partial charge in [0, 0.05) is 20.0 Å². The molecule has 0 saturated heterocycles. The molecule has 0 radical (unpaired) electrons. The molecule has 1 unspecified atom stereocenters. The average molecular weight is 421 g/mol. The summed E-state index contributed by atoms with van der Waals surface area (Å²) < 4.78 is 5.22. The first-order chi connectivity index (χ1) is 15.1. The number of amides is 2. The quantitative estimate of drug-likeness (QED) is 0.593. The molecule has 1 atom stereocenters. The van der Waals surface area contributed by atoms with Crippen LogP contribution in [0, 0.1) is 0 Å². The largest absolute Gasteiger partial charge is 0.497 e. The first-order valence-corrected chi connectivity index (χ1v) is 11.0. The fraction of sp³-hybridized carbons (Fsp3) is 0.385. The van der Waals surface area contributed by atoms with E-state index < -0.39 is 6.04 Å². The molecule has 0 saturated carbocycles. The van der Waals surface area contributed by atoms with Gasteiger partial charge in [0.25, 0.3) is 0 Å². The van der Waals surface area contributed by atoms with Gasteiger partial charge in [-0.25, -0.2) is 0 Å². The zero-order valence-corrected chi connectivity index (χ0v) is 18.5. The van der Waals surface area contributed by atoms with Gasteiger partial charge < -0.3 is 15.0 Å². The summed E-state index contributed by atoms with van der Waals surface area (Å²) in [5.41, 5.74) is 3.17. The number of rotatable bonds is 9. The summed E-state index contributed by atoms with van der Waals surface area (Å²) in [5.74, 6) is 0.466. The van der Waals surface area contributed by atoms with Crippen molar-refractivity contribution in [1.29, 1.82) is 0 Å². The van der Waals surface area contributed by atoms with Crippen molar-refractivity contribution in [3.05, 3.63) is 77.4 Å². The van der Waals surface area contributed by atoms with Crippen LogP contribution in [-0.2, 0) is 16.1 Å². The van der Waals surface area contributed by atoms with Gasteiger partial charge >= 0.3 is 0 Å². The van der Waals surface area contributed by atoms with Gasteiger partial charge in [0.15, 0.2) is 0 Å². The normalized spacial score (nSPS) is 14.3. The van der Waals surface area contributed by atoms with Crippen molar-refractivity contribution in [3.63, 3.8) is 0 Å². The molecule has 2 aromatic rings. The maximum Gasteiger partial charge on any atom is 0.247 e. The second kappa shape index (κ2) is 11.3. The highest BCUT2D eigenvalue weighted by Gasteiger charge is 2.29. The maximum atomic E-state index is 13.3. The Labute approximate surface area is 185 Å². The highest BCUT2D eigenvalue weighted by molar-refractivity contribution is 5.88. The summed E-state index contributed by atoms with van der Waals surface area (Å²) in [6, 6.07) is 16.4. The second-order valence-corrected chi connectivity index (χ2v) is 7.96. The smallest absolute Gasteiger partial charge is 0.247 e. The van der Waals surface area contributed by atoms with E-state index in [0.717, 1.165) is 36.1 Å². The molecule has 3 rings (SSSR count). The second-order valence-electron chi connectivity index (χ2n) is 7.96. The monoisotopic (exact) mass is 420 g/mol. The predicted octanol–water partition coefficient (Wildman–Crippen LogP) is 4.79. The zero-order valence-electron chi connectivity index (χ0n) is 18.5. The van der Waals surface area contributed by atoms with Crippen LogP contribution in [0.1, 0.15) is 56.2 Å². The Balaban J connectivity index is 1.77. The minimum atomic E-state index is -0.680. The fourth-order valence-electron chi connectivity index (χ4n) is 3.99. The summed E-state index contributed by atoms with van der Waals surface area (Å²) in [7, 11) is 1.62. The number of carbonyl (C=O) groups is 2. The van der Waals surface area contributed by atoms with Crippen LogP contribution in [0.2, 0.25) is 0 Å². The molecule has 0 heterocycles. The summed E-state index contributed by atoms with van der Waals surface area (Å²) in [5, 5.41) is 3.07. The van der Waals surface area contributed by atoms with E-state index >= 15 is 0 Å². The fourth-order valence-corrected chi connectivity index (χ4v) is 3.99. The molecule has 0 spiro atoms. The van der Waals surface area contributed by atoms with Gasteiger partial charge in [-0.2, -0.15) is 0 Å². The van der Waals surface area contributed by atoms with Crippen molar-refractivity contribution in [3.8, 4) is 5.75 Å². The van der Waals surface area contributed by atoms with E-state index in [1.165, 1.54) is 25.3 Å². The van der Waals surface area contributed by atoms with E-state index in [9.17, 15) is 9.59 Å². The van der Waals surface area contributed by atoms with Crippen LogP contribution in [0.3, 0.4) is 0 Å². The number of nitrogens with zero attached hydrogens (tertiary/aromatic N) is 1. The van der Waals surface area contributed by atoms with Crippen LogP contribution in [-0.4, -0.2) is 30.4 Å². The van der Waals surface area contributed by atoms with Crippen molar-refractivity contribution in [1.82, 2.24) is 10.2 Å². The Morgan fingerprint density at radius 1 is 1.06 bits per heavy atom. The summed E-state index contributed by atoms with van der Waals surface area (Å²) in [4.78, 5) is 27.5. The Kier molecular flexibility index (Phi) is 8.27. The van der Waals surface area contributed by atoms with E-state index in [-0.39, 0.29) is 11.8 Å². The Bertz CT molecular complexity index is 891. The third kappa shape index (κ3) is 6.45. The molecule has 1 aliphatic carbocycles. The molecule has 2 amide bonds. The minimum absolute atomic E-state index is 0.144. The standard InChI is InChI=1S/C26H32N2O3/c1-20(29)28(19-22-13-15-24(31-2)16-14-22)25(23-11-7-4-8-12-23)26(30)27-18-17-21-9-5-3-6-10-21/h4,7-9,11-16,25H,3,5-6,10,17-19H2,1-2H3,(H,27,30). The molecule has 5 heteroatoms. The number of benzene rings is 2.